The summed E-state index contributed by atoms with van der Waals surface area (Å²) in [4.78, 5) is 8.73. The van der Waals surface area contributed by atoms with Gasteiger partial charge in [0.1, 0.15) is 0 Å². The van der Waals surface area contributed by atoms with Crippen LogP contribution in [0.4, 0.5) is 5.95 Å². The van der Waals surface area contributed by atoms with Gasteiger partial charge >= 0.3 is 0 Å². The lowest BCUT2D eigenvalue weighted by atomic mass is 9.83. The molecule has 0 aromatic carbocycles. The van der Waals surface area contributed by atoms with Gasteiger partial charge in [0.15, 0.2) is 0 Å². The van der Waals surface area contributed by atoms with E-state index in [-0.39, 0.29) is 0 Å². The number of nitrogens with zero attached hydrogens (tertiary/aromatic N) is 2. The Kier molecular flexibility index (Phi) is 4.35. The molecule has 2 rings (SSSR count). The lowest BCUT2D eigenvalue weighted by molar-refractivity contribution is 0.312. The van der Waals surface area contributed by atoms with Crippen LogP contribution in [0.5, 0.6) is 0 Å². The normalized spacial score (nSPS) is 18.9. The molecule has 0 aliphatic heterocycles. The zero-order valence-corrected chi connectivity index (χ0v) is 10.9. The van der Waals surface area contributed by atoms with Crippen molar-refractivity contribution in [2.75, 3.05) is 5.32 Å². The quantitative estimate of drug-likeness (QED) is 0.864. The van der Waals surface area contributed by atoms with Crippen LogP contribution in [-0.2, 0) is 0 Å². The van der Waals surface area contributed by atoms with Crippen molar-refractivity contribution >= 4 is 5.95 Å². The molecule has 3 nitrogen and oxygen atoms in total. The monoisotopic (exact) mass is 233 g/mol. The van der Waals surface area contributed by atoms with E-state index in [0.717, 1.165) is 24.0 Å². The summed E-state index contributed by atoms with van der Waals surface area (Å²) in [6.45, 7) is 4.26. The summed E-state index contributed by atoms with van der Waals surface area (Å²) in [7, 11) is 0. The molecule has 1 fully saturated rings. The maximum atomic E-state index is 4.43. The SMILES string of the molecule is CCC(Nc1nccc(C)n1)C1CCCCC1. The number of aryl methyl sites for hydroxylation is 1. The van der Waals surface area contributed by atoms with E-state index in [2.05, 4.69) is 22.2 Å². The molecule has 1 atom stereocenters. The molecule has 3 heteroatoms. The van der Waals surface area contributed by atoms with E-state index in [9.17, 15) is 0 Å². The van der Waals surface area contributed by atoms with Gasteiger partial charge in [-0.15, -0.1) is 0 Å². The summed E-state index contributed by atoms with van der Waals surface area (Å²) in [5.74, 6) is 1.60. The first-order valence-electron chi connectivity index (χ1n) is 6.85. The molecule has 1 N–H and O–H groups in total. The highest BCUT2D eigenvalue weighted by Gasteiger charge is 2.22. The van der Waals surface area contributed by atoms with Crippen molar-refractivity contribution in [2.45, 2.75) is 58.4 Å². The van der Waals surface area contributed by atoms with Gasteiger partial charge in [-0.3, -0.25) is 0 Å². The van der Waals surface area contributed by atoms with Gasteiger partial charge in [0, 0.05) is 17.9 Å². The number of anilines is 1. The van der Waals surface area contributed by atoms with Crippen LogP contribution >= 0.6 is 0 Å². The van der Waals surface area contributed by atoms with Gasteiger partial charge in [-0.25, -0.2) is 9.97 Å². The summed E-state index contributed by atoms with van der Waals surface area (Å²) in [6, 6.07) is 2.48. The Labute approximate surface area is 104 Å². The first kappa shape index (κ1) is 12.3. The predicted octanol–water partition coefficient (Wildman–Crippen LogP) is 3.56. The Morgan fingerprint density at radius 2 is 2.12 bits per heavy atom. The topological polar surface area (TPSA) is 37.8 Å². The molecular weight excluding hydrogens is 210 g/mol. The second-order valence-electron chi connectivity index (χ2n) is 5.08. The first-order chi connectivity index (χ1) is 8.29. The van der Waals surface area contributed by atoms with Crippen LogP contribution in [0.15, 0.2) is 12.3 Å². The number of hydrogen-bond donors (Lipinski definition) is 1. The third kappa shape index (κ3) is 3.42. The number of nitrogens with one attached hydrogen (secondary N) is 1. The molecule has 1 aromatic heterocycles. The zero-order valence-electron chi connectivity index (χ0n) is 10.9. The molecule has 0 bridgehead atoms. The smallest absolute Gasteiger partial charge is 0.223 e. The molecule has 94 valence electrons. The third-order valence-electron chi connectivity index (χ3n) is 3.77. The summed E-state index contributed by atoms with van der Waals surface area (Å²) >= 11 is 0. The average Bonchev–Trinajstić information content (AvgIpc) is 2.37. The standard InChI is InChI=1S/C14H23N3/c1-3-13(12-7-5-4-6-8-12)17-14-15-10-9-11(2)16-14/h9-10,12-13H,3-8H2,1-2H3,(H,15,16,17). The van der Waals surface area contributed by atoms with Gasteiger partial charge in [0.2, 0.25) is 5.95 Å². The Hall–Kier alpha value is -1.12. The van der Waals surface area contributed by atoms with E-state index in [4.69, 9.17) is 0 Å². The average molecular weight is 233 g/mol. The molecule has 1 heterocycles. The molecule has 17 heavy (non-hydrogen) atoms. The fourth-order valence-corrected chi connectivity index (χ4v) is 2.77. The van der Waals surface area contributed by atoms with Gasteiger partial charge in [0.25, 0.3) is 0 Å². The van der Waals surface area contributed by atoms with Gasteiger partial charge < -0.3 is 5.32 Å². The van der Waals surface area contributed by atoms with E-state index in [0.29, 0.717) is 6.04 Å². The highest BCUT2D eigenvalue weighted by molar-refractivity contribution is 5.26. The minimum atomic E-state index is 0.539. The largest absolute Gasteiger partial charge is 0.351 e. The molecule has 1 aliphatic carbocycles. The molecule has 0 amide bonds. The van der Waals surface area contributed by atoms with Crippen LogP contribution < -0.4 is 5.32 Å². The summed E-state index contributed by atoms with van der Waals surface area (Å²) < 4.78 is 0. The molecule has 0 saturated heterocycles. The summed E-state index contributed by atoms with van der Waals surface area (Å²) in [5.41, 5.74) is 1.03. The van der Waals surface area contributed by atoms with E-state index in [1.807, 2.05) is 19.2 Å². The summed E-state index contributed by atoms with van der Waals surface area (Å²) in [6.07, 6.45) is 9.89. The Morgan fingerprint density at radius 1 is 1.35 bits per heavy atom. The van der Waals surface area contributed by atoms with E-state index >= 15 is 0 Å². The van der Waals surface area contributed by atoms with Crippen molar-refractivity contribution in [2.24, 2.45) is 5.92 Å². The fraction of sp³-hybridized carbons (Fsp3) is 0.714. The molecule has 0 radical (unpaired) electrons. The van der Waals surface area contributed by atoms with Crippen molar-refractivity contribution in [1.82, 2.24) is 9.97 Å². The van der Waals surface area contributed by atoms with Crippen molar-refractivity contribution in [3.8, 4) is 0 Å². The molecule has 1 aliphatic rings. The van der Waals surface area contributed by atoms with Crippen LogP contribution in [-0.4, -0.2) is 16.0 Å². The maximum Gasteiger partial charge on any atom is 0.223 e. The zero-order chi connectivity index (χ0) is 12.1. The van der Waals surface area contributed by atoms with E-state index in [1.165, 1.54) is 32.1 Å². The predicted molar refractivity (Wildman–Crippen MR) is 71.0 cm³/mol. The maximum absolute atomic E-state index is 4.43. The van der Waals surface area contributed by atoms with Gasteiger partial charge in [-0.2, -0.15) is 0 Å². The van der Waals surface area contributed by atoms with Crippen molar-refractivity contribution in [1.29, 1.82) is 0 Å². The number of hydrogen-bond acceptors (Lipinski definition) is 3. The lowest BCUT2D eigenvalue weighted by Gasteiger charge is -2.30. The van der Waals surface area contributed by atoms with Gasteiger partial charge in [0.05, 0.1) is 0 Å². The Balaban J connectivity index is 1.98. The van der Waals surface area contributed by atoms with Crippen LogP contribution in [0.2, 0.25) is 0 Å². The molecule has 1 saturated carbocycles. The fourth-order valence-electron chi connectivity index (χ4n) is 2.77. The van der Waals surface area contributed by atoms with Crippen LogP contribution in [0.25, 0.3) is 0 Å². The highest BCUT2D eigenvalue weighted by Crippen LogP contribution is 2.28. The molecule has 0 spiro atoms. The minimum Gasteiger partial charge on any atom is -0.351 e. The number of rotatable bonds is 4. The van der Waals surface area contributed by atoms with E-state index < -0.39 is 0 Å². The van der Waals surface area contributed by atoms with Crippen LogP contribution in [0, 0.1) is 12.8 Å². The van der Waals surface area contributed by atoms with E-state index in [1.54, 1.807) is 0 Å². The third-order valence-corrected chi connectivity index (χ3v) is 3.77. The van der Waals surface area contributed by atoms with Gasteiger partial charge in [-0.05, 0) is 38.2 Å². The highest BCUT2D eigenvalue weighted by atomic mass is 15.1. The van der Waals surface area contributed by atoms with Crippen LogP contribution in [0.3, 0.4) is 0 Å². The summed E-state index contributed by atoms with van der Waals surface area (Å²) in [5, 5.41) is 3.52. The van der Waals surface area contributed by atoms with Crippen LogP contribution in [0.1, 0.15) is 51.1 Å². The molecule has 1 aromatic rings. The minimum absolute atomic E-state index is 0.539. The van der Waals surface area contributed by atoms with Crippen molar-refractivity contribution < 1.29 is 0 Å². The first-order valence-corrected chi connectivity index (χ1v) is 6.85. The molecule has 1 unspecified atom stereocenters. The lowest BCUT2D eigenvalue weighted by Crippen LogP contribution is -2.30. The van der Waals surface area contributed by atoms with Crippen molar-refractivity contribution in [3.63, 3.8) is 0 Å². The van der Waals surface area contributed by atoms with Gasteiger partial charge in [-0.1, -0.05) is 26.2 Å². The second kappa shape index (κ2) is 5.99. The molecular formula is C14H23N3. The van der Waals surface area contributed by atoms with Crippen molar-refractivity contribution in [3.05, 3.63) is 18.0 Å². The Morgan fingerprint density at radius 3 is 2.76 bits per heavy atom. The Bertz CT molecular complexity index is 345. The number of aromatic nitrogens is 2. The second-order valence-corrected chi connectivity index (χ2v) is 5.08.